The Morgan fingerprint density at radius 2 is 2.17 bits per heavy atom. The van der Waals surface area contributed by atoms with Gasteiger partial charge in [-0.15, -0.1) is 11.3 Å². The second kappa shape index (κ2) is 6.57. The lowest BCUT2D eigenvalue weighted by Crippen LogP contribution is -2.09. The Morgan fingerprint density at radius 3 is 2.83 bits per heavy atom. The number of hydrogen-bond donors (Lipinski definition) is 1. The molecule has 18 heavy (non-hydrogen) atoms. The molecule has 1 atom stereocenters. The molecule has 0 bridgehead atoms. The summed E-state index contributed by atoms with van der Waals surface area (Å²) in [6.07, 6.45) is 2.06. The van der Waals surface area contributed by atoms with Gasteiger partial charge in [-0.25, -0.2) is 0 Å². The molecule has 2 aromatic rings. The second-order valence-corrected chi connectivity index (χ2v) is 5.35. The second-order valence-electron chi connectivity index (χ2n) is 4.37. The number of nitrogens with two attached hydrogens (primary N) is 1. The fourth-order valence-corrected chi connectivity index (χ4v) is 2.68. The molecule has 1 unspecified atom stereocenters. The molecule has 0 saturated heterocycles. The van der Waals surface area contributed by atoms with E-state index in [2.05, 4.69) is 36.6 Å². The summed E-state index contributed by atoms with van der Waals surface area (Å²) < 4.78 is 6.10. The van der Waals surface area contributed by atoms with E-state index >= 15 is 0 Å². The van der Waals surface area contributed by atoms with Crippen LogP contribution >= 0.6 is 11.3 Å². The highest BCUT2D eigenvalue weighted by Gasteiger charge is 2.14. The number of ether oxygens (including phenoxy) is 1. The normalized spacial score (nSPS) is 12.3. The third kappa shape index (κ3) is 3.59. The molecule has 1 aromatic carbocycles. The molecular formula is C15H19NOS. The van der Waals surface area contributed by atoms with Crippen LogP contribution in [-0.4, -0.2) is 6.54 Å². The SMILES string of the molecule is Cc1cccc(OC(CCCN)c2cccs2)c1. The highest BCUT2D eigenvalue weighted by molar-refractivity contribution is 7.10. The van der Waals surface area contributed by atoms with Crippen LogP contribution in [0.1, 0.15) is 29.4 Å². The first-order chi connectivity index (χ1) is 8.79. The van der Waals surface area contributed by atoms with E-state index in [1.165, 1.54) is 10.4 Å². The topological polar surface area (TPSA) is 35.2 Å². The Balaban J connectivity index is 2.10. The van der Waals surface area contributed by atoms with Crippen molar-refractivity contribution in [1.29, 1.82) is 0 Å². The maximum Gasteiger partial charge on any atom is 0.133 e. The monoisotopic (exact) mass is 261 g/mol. The maximum atomic E-state index is 6.10. The van der Waals surface area contributed by atoms with E-state index in [4.69, 9.17) is 10.5 Å². The Morgan fingerprint density at radius 1 is 1.28 bits per heavy atom. The van der Waals surface area contributed by atoms with E-state index in [-0.39, 0.29) is 6.10 Å². The van der Waals surface area contributed by atoms with Gasteiger partial charge in [-0.2, -0.15) is 0 Å². The van der Waals surface area contributed by atoms with Crippen LogP contribution in [0.15, 0.2) is 41.8 Å². The molecular weight excluding hydrogens is 242 g/mol. The summed E-state index contributed by atoms with van der Waals surface area (Å²) >= 11 is 1.74. The standard InChI is InChI=1S/C15H19NOS/c1-12-5-2-6-13(11-12)17-14(7-3-9-16)15-8-4-10-18-15/h2,4-6,8,10-11,14H,3,7,9,16H2,1H3. The van der Waals surface area contributed by atoms with Gasteiger partial charge in [0, 0.05) is 4.88 Å². The van der Waals surface area contributed by atoms with Crippen LogP contribution < -0.4 is 10.5 Å². The van der Waals surface area contributed by atoms with Crippen molar-refractivity contribution in [2.24, 2.45) is 5.73 Å². The molecule has 0 amide bonds. The van der Waals surface area contributed by atoms with Crippen molar-refractivity contribution < 1.29 is 4.74 Å². The third-order valence-corrected chi connectivity index (χ3v) is 3.76. The average Bonchev–Trinajstić information content (AvgIpc) is 2.88. The van der Waals surface area contributed by atoms with Gasteiger partial charge in [-0.05, 0) is 55.5 Å². The minimum Gasteiger partial charge on any atom is -0.485 e. The van der Waals surface area contributed by atoms with E-state index in [1.54, 1.807) is 11.3 Å². The van der Waals surface area contributed by atoms with Gasteiger partial charge < -0.3 is 10.5 Å². The molecule has 96 valence electrons. The highest BCUT2D eigenvalue weighted by Crippen LogP contribution is 2.29. The van der Waals surface area contributed by atoms with Gasteiger partial charge in [-0.1, -0.05) is 18.2 Å². The number of thiophene rings is 1. The highest BCUT2D eigenvalue weighted by atomic mass is 32.1. The van der Waals surface area contributed by atoms with Crippen molar-refractivity contribution in [3.05, 3.63) is 52.2 Å². The largest absolute Gasteiger partial charge is 0.485 e. The molecule has 1 aromatic heterocycles. The van der Waals surface area contributed by atoms with E-state index in [9.17, 15) is 0 Å². The molecule has 3 heteroatoms. The molecule has 2 rings (SSSR count). The summed E-state index contributed by atoms with van der Waals surface area (Å²) in [5, 5.41) is 2.09. The quantitative estimate of drug-likeness (QED) is 0.855. The fourth-order valence-electron chi connectivity index (χ4n) is 1.89. The van der Waals surface area contributed by atoms with Gasteiger partial charge in [0.1, 0.15) is 11.9 Å². The minimum absolute atomic E-state index is 0.121. The molecule has 0 aliphatic heterocycles. The van der Waals surface area contributed by atoms with E-state index in [1.807, 2.05) is 12.1 Å². The van der Waals surface area contributed by atoms with E-state index in [0.717, 1.165) is 18.6 Å². The molecule has 0 saturated carbocycles. The summed E-state index contributed by atoms with van der Waals surface area (Å²) in [4.78, 5) is 1.27. The Bertz CT molecular complexity index is 467. The zero-order valence-electron chi connectivity index (χ0n) is 10.6. The number of benzene rings is 1. The van der Waals surface area contributed by atoms with Crippen LogP contribution in [0.4, 0.5) is 0 Å². The summed E-state index contributed by atoms with van der Waals surface area (Å²) in [5.41, 5.74) is 6.81. The molecule has 2 nitrogen and oxygen atoms in total. The molecule has 2 N–H and O–H groups in total. The van der Waals surface area contributed by atoms with E-state index in [0.29, 0.717) is 6.54 Å². The number of aryl methyl sites for hydroxylation is 1. The molecule has 0 spiro atoms. The molecule has 1 heterocycles. The first-order valence-electron chi connectivity index (χ1n) is 6.26. The lowest BCUT2D eigenvalue weighted by molar-refractivity contribution is 0.196. The lowest BCUT2D eigenvalue weighted by Gasteiger charge is -2.18. The zero-order chi connectivity index (χ0) is 12.8. The fraction of sp³-hybridized carbons (Fsp3) is 0.333. The van der Waals surface area contributed by atoms with Gasteiger partial charge in [0.15, 0.2) is 0 Å². The van der Waals surface area contributed by atoms with Crippen LogP contribution in [0.3, 0.4) is 0 Å². The van der Waals surface area contributed by atoms with Gasteiger partial charge in [0.2, 0.25) is 0 Å². The Kier molecular flexibility index (Phi) is 4.79. The van der Waals surface area contributed by atoms with Gasteiger partial charge in [0.05, 0.1) is 0 Å². The first-order valence-corrected chi connectivity index (χ1v) is 7.14. The smallest absolute Gasteiger partial charge is 0.133 e. The summed E-state index contributed by atoms with van der Waals surface area (Å²) in [5.74, 6) is 0.936. The summed E-state index contributed by atoms with van der Waals surface area (Å²) in [7, 11) is 0. The van der Waals surface area contributed by atoms with Gasteiger partial charge in [-0.3, -0.25) is 0 Å². The van der Waals surface area contributed by atoms with Crippen molar-refractivity contribution in [1.82, 2.24) is 0 Å². The van der Waals surface area contributed by atoms with Crippen LogP contribution in [0.2, 0.25) is 0 Å². The Hall–Kier alpha value is -1.32. The third-order valence-electron chi connectivity index (χ3n) is 2.80. The maximum absolute atomic E-state index is 6.10. The molecule has 0 aliphatic carbocycles. The summed E-state index contributed by atoms with van der Waals surface area (Å²) in [6.45, 7) is 2.78. The van der Waals surface area contributed by atoms with Crippen LogP contribution in [-0.2, 0) is 0 Å². The van der Waals surface area contributed by atoms with Gasteiger partial charge >= 0.3 is 0 Å². The van der Waals surface area contributed by atoms with Gasteiger partial charge in [0.25, 0.3) is 0 Å². The van der Waals surface area contributed by atoms with Crippen molar-refractivity contribution >= 4 is 11.3 Å². The zero-order valence-corrected chi connectivity index (χ0v) is 11.5. The number of hydrogen-bond acceptors (Lipinski definition) is 3. The predicted molar refractivity (Wildman–Crippen MR) is 77.2 cm³/mol. The van der Waals surface area contributed by atoms with Crippen LogP contribution in [0, 0.1) is 6.92 Å². The minimum atomic E-state index is 0.121. The van der Waals surface area contributed by atoms with Crippen molar-refractivity contribution in [2.75, 3.05) is 6.54 Å². The van der Waals surface area contributed by atoms with Crippen LogP contribution in [0.5, 0.6) is 5.75 Å². The molecule has 0 aliphatic rings. The number of rotatable bonds is 6. The Labute approximate surface area is 112 Å². The van der Waals surface area contributed by atoms with Crippen molar-refractivity contribution in [2.45, 2.75) is 25.9 Å². The first kappa shape index (κ1) is 13.1. The lowest BCUT2D eigenvalue weighted by atomic mass is 10.1. The van der Waals surface area contributed by atoms with Crippen molar-refractivity contribution in [3.63, 3.8) is 0 Å². The summed E-state index contributed by atoms with van der Waals surface area (Å²) in [6, 6.07) is 12.4. The van der Waals surface area contributed by atoms with E-state index < -0.39 is 0 Å². The van der Waals surface area contributed by atoms with Crippen molar-refractivity contribution in [3.8, 4) is 5.75 Å². The molecule has 0 radical (unpaired) electrons. The average molecular weight is 261 g/mol. The molecule has 0 fully saturated rings. The predicted octanol–water partition coefficient (Wildman–Crippen LogP) is 3.92. The van der Waals surface area contributed by atoms with Crippen LogP contribution in [0.25, 0.3) is 0 Å².